The lowest BCUT2D eigenvalue weighted by Crippen LogP contribution is -2.08. The zero-order chi connectivity index (χ0) is 11.1. The Morgan fingerprint density at radius 3 is 2.47 bits per heavy atom. The maximum Gasteiger partial charge on any atom is 0.331 e. The third-order valence-corrected chi connectivity index (χ3v) is 1.61. The van der Waals surface area contributed by atoms with Crippen molar-refractivity contribution in [1.82, 2.24) is 0 Å². The van der Waals surface area contributed by atoms with Gasteiger partial charge in [0.05, 0.1) is 0 Å². The van der Waals surface area contributed by atoms with Crippen LogP contribution >= 0.6 is 0 Å². The van der Waals surface area contributed by atoms with Crippen molar-refractivity contribution in [3.63, 3.8) is 0 Å². The fourth-order valence-electron chi connectivity index (χ4n) is 0.927. The molecule has 0 aliphatic rings. The van der Waals surface area contributed by atoms with Crippen LogP contribution in [0.1, 0.15) is 5.56 Å². The van der Waals surface area contributed by atoms with E-state index in [1.807, 2.05) is 30.3 Å². The molecule has 4 heteroatoms. The van der Waals surface area contributed by atoms with Gasteiger partial charge in [-0.25, -0.2) is 4.79 Å². The van der Waals surface area contributed by atoms with Crippen LogP contribution in [-0.2, 0) is 20.9 Å². The highest BCUT2D eigenvalue weighted by atomic mass is 16.5. The number of benzene rings is 1. The Bertz CT molecular complexity index is 371. The molecule has 0 aliphatic heterocycles. The molecule has 0 unspecified atom stereocenters. The number of nitrogens with two attached hydrogens (primary N) is 1. The van der Waals surface area contributed by atoms with Crippen molar-refractivity contribution in [3.05, 3.63) is 48.0 Å². The van der Waals surface area contributed by atoms with Crippen molar-refractivity contribution in [2.24, 2.45) is 5.73 Å². The van der Waals surface area contributed by atoms with E-state index in [1.165, 1.54) is 0 Å². The van der Waals surface area contributed by atoms with E-state index in [1.54, 1.807) is 0 Å². The van der Waals surface area contributed by atoms with Gasteiger partial charge in [0.1, 0.15) is 6.61 Å². The molecule has 0 saturated heterocycles. The molecule has 78 valence electrons. The highest BCUT2D eigenvalue weighted by molar-refractivity contribution is 5.93. The molecule has 0 fully saturated rings. The normalized spacial score (nSPS) is 10.1. The maximum atomic E-state index is 11.0. The first kappa shape index (κ1) is 11.0. The lowest BCUT2D eigenvalue weighted by molar-refractivity contribution is -0.139. The van der Waals surface area contributed by atoms with E-state index in [-0.39, 0.29) is 6.61 Å². The Labute approximate surface area is 87.3 Å². The summed E-state index contributed by atoms with van der Waals surface area (Å²) < 4.78 is 4.84. The molecule has 1 rings (SSSR count). The quantitative estimate of drug-likeness (QED) is 0.583. The molecule has 1 aromatic carbocycles. The summed E-state index contributed by atoms with van der Waals surface area (Å²) in [5.41, 5.74) is 5.70. The van der Waals surface area contributed by atoms with Gasteiger partial charge in [0.2, 0.25) is 5.91 Å². The SMILES string of the molecule is NC(=O)/C=C\C(=O)OCc1ccccc1. The van der Waals surface area contributed by atoms with E-state index in [0.29, 0.717) is 0 Å². The zero-order valence-electron chi connectivity index (χ0n) is 8.05. The average Bonchev–Trinajstić information content (AvgIpc) is 2.25. The molecular formula is C11H11NO3. The first-order valence-electron chi connectivity index (χ1n) is 4.36. The van der Waals surface area contributed by atoms with Crippen LogP contribution in [0, 0.1) is 0 Å². The van der Waals surface area contributed by atoms with Gasteiger partial charge in [-0.2, -0.15) is 0 Å². The van der Waals surface area contributed by atoms with Crippen molar-refractivity contribution < 1.29 is 14.3 Å². The Kier molecular flexibility index (Phi) is 4.09. The average molecular weight is 205 g/mol. The number of ether oxygens (including phenoxy) is 1. The largest absolute Gasteiger partial charge is 0.458 e. The number of carbonyl (C=O) groups is 2. The molecule has 0 saturated carbocycles. The second kappa shape index (κ2) is 5.59. The van der Waals surface area contributed by atoms with Gasteiger partial charge in [0.15, 0.2) is 0 Å². The number of hydrogen-bond donors (Lipinski definition) is 1. The van der Waals surface area contributed by atoms with Crippen LogP contribution in [0.4, 0.5) is 0 Å². The second-order valence-corrected chi connectivity index (χ2v) is 2.83. The smallest absolute Gasteiger partial charge is 0.331 e. The number of amides is 1. The topological polar surface area (TPSA) is 69.4 Å². The predicted molar refractivity (Wildman–Crippen MR) is 54.6 cm³/mol. The third-order valence-electron chi connectivity index (χ3n) is 1.61. The van der Waals surface area contributed by atoms with Crippen molar-refractivity contribution in [2.75, 3.05) is 0 Å². The first-order valence-corrected chi connectivity index (χ1v) is 4.36. The lowest BCUT2D eigenvalue weighted by atomic mass is 10.2. The van der Waals surface area contributed by atoms with Gasteiger partial charge in [-0.15, -0.1) is 0 Å². The minimum Gasteiger partial charge on any atom is -0.458 e. The van der Waals surface area contributed by atoms with E-state index in [9.17, 15) is 9.59 Å². The van der Waals surface area contributed by atoms with Crippen molar-refractivity contribution in [2.45, 2.75) is 6.61 Å². The standard InChI is InChI=1S/C11H11NO3/c12-10(13)6-7-11(14)15-8-9-4-2-1-3-5-9/h1-7H,8H2,(H2,12,13)/b7-6-. The molecule has 15 heavy (non-hydrogen) atoms. The molecule has 0 radical (unpaired) electrons. The second-order valence-electron chi connectivity index (χ2n) is 2.83. The van der Waals surface area contributed by atoms with Crippen LogP contribution in [0.25, 0.3) is 0 Å². The van der Waals surface area contributed by atoms with Crippen molar-refractivity contribution in [3.8, 4) is 0 Å². The Morgan fingerprint density at radius 2 is 1.87 bits per heavy atom. The third kappa shape index (κ3) is 4.61. The molecule has 0 aliphatic carbocycles. The monoisotopic (exact) mass is 205 g/mol. The molecule has 4 nitrogen and oxygen atoms in total. The van der Waals surface area contributed by atoms with Crippen LogP contribution in [0.2, 0.25) is 0 Å². The van der Waals surface area contributed by atoms with Gasteiger partial charge in [-0.1, -0.05) is 30.3 Å². The van der Waals surface area contributed by atoms with E-state index < -0.39 is 11.9 Å². The number of primary amides is 1. The van der Waals surface area contributed by atoms with E-state index in [2.05, 4.69) is 0 Å². The number of rotatable bonds is 4. The minimum atomic E-state index is -0.674. The zero-order valence-corrected chi connectivity index (χ0v) is 8.05. The van der Waals surface area contributed by atoms with Crippen LogP contribution in [0.3, 0.4) is 0 Å². The van der Waals surface area contributed by atoms with Gasteiger partial charge in [0.25, 0.3) is 0 Å². The molecule has 0 aromatic heterocycles. The predicted octanol–water partition coefficient (Wildman–Crippen LogP) is 0.771. The van der Waals surface area contributed by atoms with E-state index in [4.69, 9.17) is 10.5 Å². The van der Waals surface area contributed by atoms with Gasteiger partial charge >= 0.3 is 5.97 Å². The maximum absolute atomic E-state index is 11.0. The summed E-state index contributed by atoms with van der Waals surface area (Å²) in [6, 6.07) is 9.25. The van der Waals surface area contributed by atoms with Crippen molar-refractivity contribution >= 4 is 11.9 Å². The number of esters is 1. The summed E-state index contributed by atoms with van der Waals surface area (Å²) in [6.07, 6.45) is 1.97. The molecule has 2 N–H and O–H groups in total. The molecule has 1 aromatic rings. The highest BCUT2D eigenvalue weighted by Gasteiger charge is 1.98. The Morgan fingerprint density at radius 1 is 1.20 bits per heavy atom. The lowest BCUT2D eigenvalue weighted by Gasteiger charge is -2.00. The summed E-state index contributed by atoms with van der Waals surface area (Å²) in [5, 5.41) is 0. The Balaban J connectivity index is 2.38. The van der Waals surface area contributed by atoms with E-state index in [0.717, 1.165) is 17.7 Å². The molecule has 1 amide bonds. The van der Waals surface area contributed by atoms with Crippen LogP contribution in [-0.4, -0.2) is 11.9 Å². The minimum absolute atomic E-state index is 0.183. The fraction of sp³-hybridized carbons (Fsp3) is 0.0909. The van der Waals surface area contributed by atoms with Crippen LogP contribution < -0.4 is 5.73 Å². The highest BCUT2D eigenvalue weighted by Crippen LogP contribution is 2.00. The molecule has 0 heterocycles. The first-order chi connectivity index (χ1) is 7.18. The van der Waals surface area contributed by atoms with Gasteiger partial charge in [-0.05, 0) is 5.56 Å². The van der Waals surface area contributed by atoms with Crippen LogP contribution in [0.15, 0.2) is 42.5 Å². The van der Waals surface area contributed by atoms with Gasteiger partial charge < -0.3 is 10.5 Å². The van der Waals surface area contributed by atoms with E-state index >= 15 is 0 Å². The van der Waals surface area contributed by atoms with Gasteiger partial charge in [-0.3, -0.25) is 4.79 Å². The number of carbonyl (C=O) groups excluding carboxylic acids is 2. The van der Waals surface area contributed by atoms with Crippen LogP contribution in [0.5, 0.6) is 0 Å². The fourth-order valence-corrected chi connectivity index (χ4v) is 0.927. The molecule has 0 atom stereocenters. The summed E-state index contributed by atoms with van der Waals surface area (Å²) >= 11 is 0. The summed E-state index contributed by atoms with van der Waals surface area (Å²) in [4.78, 5) is 21.3. The summed E-state index contributed by atoms with van der Waals surface area (Å²) in [7, 11) is 0. The molecule has 0 bridgehead atoms. The summed E-state index contributed by atoms with van der Waals surface area (Å²) in [6.45, 7) is 0.183. The number of hydrogen-bond acceptors (Lipinski definition) is 3. The van der Waals surface area contributed by atoms with Gasteiger partial charge in [0, 0.05) is 12.2 Å². The Hall–Kier alpha value is -2.10. The molecule has 0 spiro atoms. The molecular weight excluding hydrogens is 194 g/mol. The van der Waals surface area contributed by atoms with Crippen molar-refractivity contribution in [1.29, 1.82) is 0 Å². The summed E-state index contributed by atoms with van der Waals surface area (Å²) in [5.74, 6) is -1.26.